The highest BCUT2D eigenvalue weighted by Crippen LogP contribution is 2.16. The van der Waals surface area contributed by atoms with E-state index in [0.717, 1.165) is 16.7 Å². The van der Waals surface area contributed by atoms with Gasteiger partial charge in [0, 0.05) is 22.9 Å². The summed E-state index contributed by atoms with van der Waals surface area (Å²) in [6, 6.07) is 17.6. The fraction of sp³-hybridized carbons (Fsp3) is 0.182. The first-order valence-corrected chi connectivity index (χ1v) is 9.04. The van der Waals surface area contributed by atoms with Crippen molar-refractivity contribution in [2.75, 3.05) is 5.32 Å². The van der Waals surface area contributed by atoms with Crippen LogP contribution in [0.2, 0.25) is 0 Å². The van der Waals surface area contributed by atoms with Crippen LogP contribution in [0.25, 0.3) is 11.3 Å². The van der Waals surface area contributed by atoms with E-state index in [9.17, 15) is 14.4 Å². The number of carbonyl (C=O) groups is 2. The second-order valence-corrected chi connectivity index (χ2v) is 6.45. The molecular weight excluding hydrogens is 354 g/mol. The van der Waals surface area contributed by atoms with Crippen LogP contribution in [-0.2, 0) is 17.8 Å². The molecule has 1 aromatic heterocycles. The molecule has 28 heavy (non-hydrogen) atoms. The maximum atomic E-state index is 12.3. The zero-order valence-corrected chi connectivity index (χ0v) is 15.8. The van der Waals surface area contributed by atoms with Crippen LogP contribution in [0.1, 0.15) is 29.8 Å². The first-order chi connectivity index (χ1) is 13.5. The third kappa shape index (κ3) is 4.59. The van der Waals surface area contributed by atoms with Gasteiger partial charge in [0.2, 0.25) is 5.91 Å². The van der Waals surface area contributed by atoms with Gasteiger partial charge >= 0.3 is 0 Å². The number of hydrogen-bond donors (Lipinski definition) is 1. The number of rotatable bonds is 6. The Morgan fingerprint density at radius 2 is 1.64 bits per heavy atom. The number of nitrogens with one attached hydrogen (secondary N) is 1. The number of benzene rings is 2. The van der Waals surface area contributed by atoms with Crippen molar-refractivity contribution >= 4 is 17.4 Å². The first-order valence-electron chi connectivity index (χ1n) is 9.04. The second kappa shape index (κ2) is 8.43. The standard InChI is InChI=1S/C22H21N3O3/c1-3-16-4-6-18(7-5-16)20-12-13-22(28)25(24-20)14-21(27)23-19-10-8-17(9-11-19)15(2)26/h4-13H,3,14H2,1-2H3,(H,23,27). The van der Waals surface area contributed by atoms with E-state index in [4.69, 9.17) is 0 Å². The molecule has 0 aliphatic heterocycles. The molecule has 1 amide bonds. The molecule has 6 nitrogen and oxygen atoms in total. The van der Waals surface area contributed by atoms with Crippen LogP contribution >= 0.6 is 0 Å². The number of amides is 1. The van der Waals surface area contributed by atoms with Crippen LogP contribution in [0.5, 0.6) is 0 Å². The third-order valence-electron chi connectivity index (χ3n) is 4.39. The first kappa shape index (κ1) is 19.2. The van der Waals surface area contributed by atoms with Crippen molar-refractivity contribution in [3.05, 3.63) is 82.1 Å². The summed E-state index contributed by atoms with van der Waals surface area (Å²) in [6.45, 7) is 3.36. The van der Waals surface area contributed by atoms with Crippen LogP contribution in [0, 0.1) is 0 Å². The van der Waals surface area contributed by atoms with E-state index in [1.807, 2.05) is 24.3 Å². The fourth-order valence-electron chi connectivity index (χ4n) is 2.75. The molecule has 0 aliphatic rings. The quantitative estimate of drug-likeness (QED) is 0.670. The highest BCUT2D eigenvalue weighted by Gasteiger charge is 2.09. The average Bonchev–Trinajstić information content (AvgIpc) is 2.70. The van der Waals surface area contributed by atoms with E-state index in [1.54, 1.807) is 30.3 Å². The Morgan fingerprint density at radius 1 is 0.964 bits per heavy atom. The largest absolute Gasteiger partial charge is 0.324 e. The van der Waals surface area contributed by atoms with Crippen molar-refractivity contribution in [1.82, 2.24) is 9.78 Å². The van der Waals surface area contributed by atoms with Crippen molar-refractivity contribution in [3.63, 3.8) is 0 Å². The molecule has 142 valence electrons. The number of carbonyl (C=O) groups excluding carboxylic acids is 2. The minimum absolute atomic E-state index is 0.0441. The van der Waals surface area contributed by atoms with Crippen molar-refractivity contribution in [2.24, 2.45) is 0 Å². The van der Waals surface area contributed by atoms with Gasteiger partial charge < -0.3 is 5.32 Å². The van der Waals surface area contributed by atoms with Gasteiger partial charge in [0.25, 0.3) is 5.56 Å². The summed E-state index contributed by atoms with van der Waals surface area (Å²) in [5, 5.41) is 7.02. The van der Waals surface area contributed by atoms with E-state index in [0.29, 0.717) is 16.9 Å². The molecule has 0 aliphatic carbocycles. The number of Topliss-reactive ketones (excluding diaryl/α,β-unsaturated/α-hetero) is 1. The maximum absolute atomic E-state index is 12.3. The number of hydrogen-bond acceptors (Lipinski definition) is 4. The molecule has 1 heterocycles. The van der Waals surface area contributed by atoms with E-state index in [-0.39, 0.29) is 23.8 Å². The number of nitrogens with zero attached hydrogens (tertiary/aromatic N) is 2. The molecule has 6 heteroatoms. The molecule has 0 fully saturated rings. The summed E-state index contributed by atoms with van der Waals surface area (Å²) in [5.74, 6) is -0.416. The SMILES string of the molecule is CCc1ccc(-c2ccc(=O)n(CC(=O)Nc3ccc(C(C)=O)cc3)n2)cc1. The zero-order chi connectivity index (χ0) is 20.1. The predicted octanol–water partition coefficient (Wildman–Crippen LogP) is 3.31. The summed E-state index contributed by atoms with van der Waals surface area (Å²) < 4.78 is 1.14. The Bertz CT molecular complexity index is 1050. The number of ketones is 1. The number of aryl methyl sites for hydroxylation is 1. The monoisotopic (exact) mass is 375 g/mol. The van der Waals surface area contributed by atoms with Gasteiger partial charge in [-0.3, -0.25) is 14.4 Å². The molecule has 0 radical (unpaired) electrons. The minimum Gasteiger partial charge on any atom is -0.324 e. The number of anilines is 1. The van der Waals surface area contributed by atoms with Crippen LogP contribution < -0.4 is 10.9 Å². The maximum Gasteiger partial charge on any atom is 0.267 e. The van der Waals surface area contributed by atoms with Gasteiger partial charge in [-0.15, -0.1) is 0 Å². The highest BCUT2D eigenvalue weighted by molar-refractivity contribution is 5.95. The fourth-order valence-corrected chi connectivity index (χ4v) is 2.75. The lowest BCUT2D eigenvalue weighted by molar-refractivity contribution is -0.117. The summed E-state index contributed by atoms with van der Waals surface area (Å²) in [5.41, 5.74) is 3.49. The van der Waals surface area contributed by atoms with E-state index in [2.05, 4.69) is 17.3 Å². The lowest BCUT2D eigenvalue weighted by Gasteiger charge is -2.09. The van der Waals surface area contributed by atoms with Gasteiger partial charge in [-0.2, -0.15) is 5.10 Å². The third-order valence-corrected chi connectivity index (χ3v) is 4.39. The Hall–Kier alpha value is -3.54. The Labute approximate surface area is 162 Å². The van der Waals surface area contributed by atoms with Crippen molar-refractivity contribution in [1.29, 1.82) is 0 Å². The summed E-state index contributed by atoms with van der Waals surface area (Å²) in [4.78, 5) is 35.7. The molecule has 0 saturated heterocycles. The molecule has 1 N–H and O–H groups in total. The van der Waals surface area contributed by atoms with Gasteiger partial charge in [-0.25, -0.2) is 4.68 Å². The molecule has 3 aromatic rings. The smallest absolute Gasteiger partial charge is 0.267 e. The lowest BCUT2D eigenvalue weighted by Crippen LogP contribution is -2.29. The molecular formula is C22H21N3O3. The average molecular weight is 375 g/mol. The number of aromatic nitrogens is 2. The lowest BCUT2D eigenvalue weighted by atomic mass is 10.1. The van der Waals surface area contributed by atoms with E-state index >= 15 is 0 Å². The normalized spacial score (nSPS) is 10.5. The van der Waals surface area contributed by atoms with Crippen LogP contribution in [0.3, 0.4) is 0 Å². The summed E-state index contributed by atoms with van der Waals surface area (Å²) in [7, 11) is 0. The van der Waals surface area contributed by atoms with Gasteiger partial charge in [-0.05, 0) is 49.2 Å². The molecule has 0 atom stereocenters. The molecule has 3 rings (SSSR count). The zero-order valence-electron chi connectivity index (χ0n) is 15.8. The molecule has 0 bridgehead atoms. The Balaban J connectivity index is 1.74. The molecule has 0 saturated carbocycles. The topological polar surface area (TPSA) is 81.1 Å². The van der Waals surface area contributed by atoms with E-state index < -0.39 is 0 Å². The molecule has 0 spiro atoms. The summed E-state index contributed by atoms with van der Waals surface area (Å²) >= 11 is 0. The second-order valence-electron chi connectivity index (χ2n) is 6.45. The Kier molecular flexibility index (Phi) is 5.79. The van der Waals surface area contributed by atoms with Gasteiger partial charge in [-0.1, -0.05) is 31.2 Å². The van der Waals surface area contributed by atoms with Crippen molar-refractivity contribution in [3.8, 4) is 11.3 Å². The van der Waals surface area contributed by atoms with Crippen LogP contribution in [0.4, 0.5) is 5.69 Å². The summed E-state index contributed by atoms with van der Waals surface area (Å²) in [6.07, 6.45) is 0.945. The van der Waals surface area contributed by atoms with Gasteiger partial charge in [0.15, 0.2) is 5.78 Å². The minimum atomic E-state index is -0.372. The van der Waals surface area contributed by atoms with Crippen LogP contribution in [-0.4, -0.2) is 21.5 Å². The van der Waals surface area contributed by atoms with Gasteiger partial charge in [0.1, 0.15) is 6.54 Å². The van der Waals surface area contributed by atoms with Crippen LogP contribution in [0.15, 0.2) is 65.5 Å². The molecule has 2 aromatic carbocycles. The van der Waals surface area contributed by atoms with Gasteiger partial charge in [0.05, 0.1) is 5.69 Å². The van der Waals surface area contributed by atoms with E-state index in [1.165, 1.54) is 18.6 Å². The van der Waals surface area contributed by atoms with Crippen molar-refractivity contribution < 1.29 is 9.59 Å². The highest BCUT2D eigenvalue weighted by atomic mass is 16.2. The molecule has 0 unspecified atom stereocenters. The Morgan fingerprint density at radius 3 is 2.25 bits per heavy atom. The van der Waals surface area contributed by atoms with Crippen molar-refractivity contribution in [2.45, 2.75) is 26.8 Å². The predicted molar refractivity (Wildman–Crippen MR) is 108 cm³/mol.